The molecule has 1 aliphatic heterocycles. The quantitative estimate of drug-likeness (QED) is 0.732. The number of hydrogen-bond acceptors (Lipinski definition) is 6. The molecule has 1 saturated carbocycles. The molecular weight excluding hydrogens is 420 g/mol. The third-order valence-corrected chi connectivity index (χ3v) is 8.81. The lowest BCUT2D eigenvalue weighted by Gasteiger charge is -2.20. The SMILES string of the molecule is O=C(Nc1nnc(C2CCCCC2)s1)c1cccc(S(=O)(=O)N2CCCCCC2)c1. The van der Waals surface area contributed by atoms with Crippen LogP contribution >= 0.6 is 11.3 Å². The minimum absolute atomic E-state index is 0.164. The van der Waals surface area contributed by atoms with Gasteiger partial charge in [-0.3, -0.25) is 10.1 Å². The summed E-state index contributed by atoms with van der Waals surface area (Å²) in [6.45, 7) is 1.07. The number of carbonyl (C=O) groups is 1. The summed E-state index contributed by atoms with van der Waals surface area (Å²) in [6.07, 6.45) is 9.81. The number of amides is 1. The molecule has 30 heavy (non-hydrogen) atoms. The Morgan fingerprint density at radius 1 is 1.00 bits per heavy atom. The van der Waals surface area contributed by atoms with Crippen LogP contribution in [0.2, 0.25) is 0 Å². The van der Waals surface area contributed by atoms with E-state index in [1.165, 1.54) is 41.0 Å². The second kappa shape index (κ2) is 9.53. The van der Waals surface area contributed by atoms with Crippen molar-refractivity contribution in [3.8, 4) is 0 Å². The van der Waals surface area contributed by atoms with E-state index >= 15 is 0 Å². The average molecular weight is 449 g/mol. The van der Waals surface area contributed by atoms with E-state index in [4.69, 9.17) is 0 Å². The van der Waals surface area contributed by atoms with Gasteiger partial charge in [0.15, 0.2) is 0 Å². The van der Waals surface area contributed by atoms with Gasteiger partial charge < -0.3 is 0 Å². The number of rotatable bonds is 5. The number of sulfonamides is 1. The van der Waals surface area contributed by atoms with Gasteiger partial charge in [-0.15, -0.1) is 10.2 Å². The van der Waals surface area contributed by atoms with Gasteiger partial charge in [0.2, 0.25) is 15.2 Å². The molecule has 1 aromatic heterocycles. The van der Waals surface area contributed by atoms with Crippen LogP contribution in [0.25, 0.3) is 0 Å². The predicted molar refractivity (Wildman–Crippen MR) is 117 cm³/mol. The third kappa shape index (κ3) is 4.90. The number of carbonyl (C=O) groups excluding carboxylic acids is 1. The molecule has 2 fully saturated rings. The first-order chi connectivity index (χ1) is 14.5. The smallest absolute Gasteiger partial charge is 0.257 e. The van der Waals surface area contributed by atoms with Gasteiger partial charge in [-0.25, -0.2) is 8.42 Å². The Balaban J connectivity index is 1.47. The minimum atomic E-state index is -3.60. The highest BCUT2D eigenvalue weighted by Crippen LogP contribution is 2.35. The van der Waals surface area contributed by atoms with Gasteiger partial charge in [-0.05, 0) is 43.9 Å². The Hall–Kier alpha value is -1.84. The first-order valence-electron chi connectivity index (χ1n) is 10.8. The van der Waals surface area contributed by atoms with Crippen molar-refractivity contribution in [3.05, 3.63) is 34.8 Å². The lowest BCUT2D eigenvalue weighted by molar-refractivity contribution is 0.102. The summed E-state index contributed by atoms with van der Waals surface area (Å²) in [5.41, 5.74) is 0.306. The molecule has 2 aliphatic rings. The summed E-state index contributed by atoms with van der Waals surface area (Å²) in [7, 11) is -3.60. The van der Waals surface area contributed by atoms with Crippen LogP contribution in [0, 0.1) is 0 Å². The van der Waals surface area contributed by atoms with Gasteiger partial charge in [-0.2, -0.15) is 4.31 Å². The van der Waals surface area contributed by atoms with E-state index in [-0.39, 0.29) is 10.8 Å². The molecule has 162 valence electrons. The van der Waals surface area contributed by atoms with Crippen molar-refractivity contribution < 1.29 is 13.2 Å². The zero-order chi connectivity index (χ0) is 21.0. The van der Waals surface area contributed by atoms with Crippen LogP contribution in [0.3, 0.4) is 0 Å². The zero-order valence-corrected chi connectivity index (χ0v) is 18.7. The van der Waals surface area contributed by atoms with Gasteiger partial charge in [-0.1, -0.05) is 49.5 Å². The standard InChI is InChI=1S/C21H28N4O3S2/c26-19(22-21-24-23-20(29-21)16-9-4-3-5-10-16)17-11-8-12-18(15-17)30(27,28)25-13-6-1-2-7-14-25/h8,11-12,15-16H,1-7,9-10,13-14H2,(H,22,24,26). The lowest BCUT2D eigenvalue weighted by atomic mass is 9.90. The highest BCUT2D eigenvalue weighted by Gasteiger charge is 2.26. The van der Waals surface area contributed by atoms with Crippen molar-refractivity contribution in [1.82, 2.24) is 14.5 Å². The summed E-state index contributed by atoms with van der Waals surface area (Å²) in [5.74, 6) is 0.0678. The van der Waals surface area contributed by atoms with Gasteiger partial charge in [0.25, 0.3) is 5.91 Å². The maximum atomic E-state index is 13.0. The average Bonchev–Trinajstić information content (AvgIpc) is 3.05. The molecule has 7 nitrogen and oxygen atoms in total. The first-order valence-corrected chi connectivity index (χ1v) is 13.0. The van der Waals surface area contributed by atoms with E-state index in [9.17, 15) is 13.2 Å². The van der Waals surface area contributed by atoms with Gasteiger partial charge in [0.1, 0.15) is 5.01 Å². The van der Waals surface area contributed by atoms with E-state index in [1.807, 2.05) is 0 Å². The van der Waals surface area contributed by atoms with E-state index in [0.717, 1.165) is 43.5 Å². The van der Waals surface area contributed by atoms with Crippen LogP contribution in [0.4, 0.5) is 5.13 Å². The number of nitrogens with zero attached hydrogens (tertiary/aromatic N) is 3. The minimum Gasteiger partial charge on any atom is -0.296 e. The summed E-state index contributed by atoms with van der Waals surface area (Å²) >= 11 is 1.42. The van der Waals surface area contributed by atoms with Crippen LogP contribution in [0.15, 0.2) is 29.2 Å². The number of anilines is 1. The van der Waals surface area contributed by atoms with Crippen LogP contribution < -0.4 is 5.32 Å². The second-order valence-electron chi connectivity index (χ2n) is 8.08. The van der Waals surface area contributed by atoms with Crippen molar-refractivity contribution in [2.45, 2.75) is 68.6 Å². The zero-order valence-electron chi connectivity index (χ0n) is 17.0. The van der Waals surface area contributed by atoms with Crippen molar-refractivity contribution in [1.29, 1.82) is 0 Å². The third-order valence-electron chi connectivity index (χ3n) is 5.91. The topological polar surface area (TPSA) is 92.3 Å². The van der Waals surface area contributed by atoms with Crippen molar-refractivity contribution in [3.63, 3.8) is 0 Å². The van der Waals surface area contributed by atoms with Crippen LogP contribution in [0.5, 0.6) is 0 Å². The molecule has 1 amide bonds. The van der Waals surface area contributed by atoms with Gasteiger partial charge in [0.05, 0.1) is 4.90 Å². The molecule has 1 aromatic carbocycles. The Bertz CT molecular complexity index is 976. The molecular formula is C21H28N4O3S2. The van der Waals surface area contributed by atoms with Crippen LogP contribution in [0.1, 0.15) is 79.1 Å². The summed E-state index contributed by atoms with van der Waals surface area (Å²) in [5, 5.41) is 12.6. The molecule has 2 heterocycles. The number of benzene rings is 1. The van der Waals surface area contributed by atoms with Crippen LogP contribution in [-0.2, 0) is 10.0 Å². The summed E-state index contributed by atoms with van der Waals surface area (Å²) < 4.78 is 27.6. The summed E-state index contributed by atoms with van der Waals surface area (Å²) in [6, 6.07) is 6.26. The van der Waals surface area contributed by atoms with Gasteiger partial charge >= 0.3 is 0 Å². The largest absolute Gasteiger partial charge is 0.296 e. The van der Waals surface area contributed by atoms with Crippen molar-refractivity contribution in [2.24, 2.45) is 0 Å². The van der Waals surface area contributed by atoms with E-state index in [0.29, 0.717) is 29.7 Å². The maximum Gasteiger partial charge on any atom is 0.257 e. The van der Waals surface area contributed by atoms with Gasteiger partial charge in [0, 0.05) is 24.6 Å². The Labute approximate surface area is 182 Å². The maximum absolute atomic E-state index is 13.0. The molecule has 1 saturated heterocycles. The fourth-order valence-electron chi connectivity index (χ4n) is 4.20. The molecule has 0 unspecified atom stereocenters. The van der Waals surface area contributed by atoms with E-state index in [1.54, 1.807) is 18.2 Å². The fraction of sp³-hybridized carbons (Fsp3) is 0.571. The molecule has 4 rings (SSSR count). The predicted octanol–water partition coefficient (Wildman–Crippen LogP) is 4.40. The molecule has 0 radical (unpaired) electrons. The highest BCUT2D eigenvalue weighted by molar-refractivity contribution is 7.89. The van der Waals surface area contributed by atoms with Crippen molar-refractivity contribution >= 4 is 32.4 Å². The number of aromatic nitrogens is 2. The van der Waals surface area contributed by atoms with Crippen LogP contribution in [-0.4, -0.2) is 41.9 Å². The monoisotopic (exact) mass is 448 g/mol. The number of hydrogen-bond donors (Lipinski definition) is 1. The van der Waals surface area contributed by atoms with E-state index < -0.39 is 10.0 Å². The number of nitrogens with one attached hydrogen (secondary N) is 1. The highest BCUT2D eigenvalue weighted by atomic mass is 32.2. The second-order valence-corrected chi connectivity index (χ2v) is 11.0. The Morgan fingerprint density at radius 2 is 1.70 bits per heavy atom. The summed E-state index contributed by atoms with van der Waals surface area (Å²) in [4.78, 5) is 12.9. The molecule has 0 spiro atoms. The lowest BCUT2D eigenvalue weighted by Crippen LogP contribution is -2.32. The molecule has 0 atom stereocenters. The molecule has 2 aromatic rings. The molecule has 1 N–H and O–H groups in total. The molecule has 0 bridgehead atoms. The normalized spacial score (nSPS) is 19.3. The van der Waals surface area contributed by atoms with Crippen molar-refractivity contribution in [2.75, 3.05) is 18.4 Å². The Morgan fingerprint density at radius 3 is 2.43 bits per heavy atom. The Kier molecular flexibility index (Phi) is 6.80. The molecule has 9 heteroatoms. The fourth-order valence-corrected chi connectivity index (χ4v) is 6.67. The first kappa shape index (κ1) is 21.4. The van der Waals surface area contributed by atoms with E-state index in [2.05, 4.69) is 15.5 Å². The molecule has 1 aliphatic carbocycles.